The van der Waals surface area contributed by atoms with E-state index in [0.29, 0.717) is 25.7 Å². The molecule has 7 nitrogen and oxygen atoms in total. The SMILES string of the molecule is COc1cc(C[C@@]2(CCC(=O)N[C@H](C)c3cnn(-c4ccccc4)c3)CCC(=O)N2)ccc1F. The maximum atomic E-state index is 13.8. The van der Waals surface area contributed by atoms with Gasteiger partial charge in [0.2, 0.25) is 11.8 Å². The van der Waals surface area contributed by atoms with Crippen LogP contribution in [0.3, 0.4) is 0 Å². The van der Waals surface area contributed by atoms with Gasteiger partial charge in [-0.05, 0) is 56.0 Å². The summed E-state index contributed by atoms with van der Waals surface area (Å²) in [5.41, 5.74) is 2.16. The number of aromatic nitrogens is 2. The Balaban J connectivity index is 1.38. The van der Waals surface area contributed by atoms with Gasteiger partial charge in [-0.15, -0.1) is 0 Å². The summed E-state index contributed by atoms with van der Waals surface area (Å²) in [5.74, 6) is -0.396. The highest BCUT2D eigenvalue weighted by atomic mass is 19.1. The summed E-state index contributed by atoms with van der Waals surface area (Å²) >= 11 is 0. The van der Waals surface area contributed by atoms with E-state index in [1.165, 1.54) is 13.2 Å². The van der Waals surface area contributed by atoms with Crippen LogP contribution in [0.5, 0.6) is 5.75 Å². The van der Waals surface area contributed by atoms with E-state index in [4.69, 9.17) is 4.74 Å². The van der Waals surface area contributed by atoms with E-state index >= 15 is 0 Å². The Morgan fingerprint density at radius 1 is 1.29 bits per heavy atom. The van der Waals surface area contributed by atoms with Crippen molar-refractivity contribution in [1.29, 1.82) is 0 Å². The first-order chi connectivity index (χ1) is 16.4. The third-order valence-electron chi connectivity index (χ3n) is 6.32. The molecule has 0 saturated carbocycles. The van der Waals surface area contributed by atoms with Gasteiger partial charge in [-0.3, -0.25) is 9.59 Å². The molecule has 1 saturated heterocycles. The van der Waals surface area contributed by atoms with Gasteiger partial charge < -0.3 is 15.4 Å². The summed E-state index contributed by atoms with van der Waals surface area (Å²) in [4.78, 5) is 24.8. The van der Waals surface area contributed by atoms with Crippen LogP contribution in [0.25, 0.3) is 5.69 Å². The maximum absolute atomic E-state index is 13.8. The summed E-state index contributed by atoms with van der Waals surface area (Å²) in [6.45, 7) is 1.92. The molecule has 8 heteroatoms. The zero-order valence-electron chi connectivity index (χ0n) is 19.4. The average molecular weight is 465 g/mol. The smallest absolute Gasteiger partial charge is 0.220 e. The summed E-state index contributed by atoms with van der Waals surface area (Å²) in [7, 11) is 1.42. The fourth-order valence-corrected chi connectivity index (χ4v) is 4.42. The van der Waals surface area contributed by atoms with Gasteiger partial charge >= 0.3 is 0 Å². The molecule has 2 heterocycles. The number of rotatable bonds is 9. The van der Waals surface area contributed by atoms with Crippen LogP contribution in [-0.4, -0.2) is 34.2 Å². The topological polar surface area (TPSA) is 85.2 Å². The molecule has 1 aliphatic rings. The summed E-state index contributed by atoms with van der Waals surface area (Å²) in [5, 5.41) is 10.5. The maximum Gasteiger partial charge on any atom is 0.220 e. The average Bonchev–Trinajstić information content (AvgIpc) is 3.47. The van der Waals surface area contributed by atoms with E-state index in [9.17, 15) is 14.0 Å². The van der Waals surface area contributed by atoms with Gasteiger partial charge in [0.1, 0.15) is 0 Å². The largest absolute Gasteiger partial charge is 0.494 e. The summed E-state index contributed by atoms with van der Waals surface area (Å²) < 4.78 is 20.7. The third-order valence-corrected chi connectivity index (χ3v) is 6.32. The lowest BCUT2D eigenvalue weighted by atomic mass is 9.85. The third kappa shape index (κ3) is 5.44. The molecule has 34 heavy (non-hydrogen) atoms. The first-order valence-corrected chi connectivity index (χ1v) is 11.4. The van der Waals surface area contributed by atoms with E-state index in [0.717, 1.165) is 16.8 Å². The van der Waals surface area contributed by atoms with E-state index in [1.54, 1.807) is 23.0 Å². The summed E-state index contributed by atoms with van der Waals surface area (Å²) in [6.07, 6.45) is 5.94. The highest BCUT2D eigenvalue weighted by molar-refractivity contribution is 5.80. The second kappa shape index (κ2) is 10.1. The van der Waals surface area contributed by atoms with Gasteiger partial charge in [-0.2, -0.15) is 5.10 Å². The molecule has 2 atom stereocenters. The Kier molecular flexibility index (Phi) is 6.95. The monoisotopic (exact) mass is 464 g/mol. The highest BCUT2D eigenvalue weighted by Crippen LogP contribution is 2.31. The van der Waals surface area contributed by atoms with Crippen LogP contribution < -0.4 is 15.4 Å². The second-order valence-corrected chi connectivity index (χ2v) is 8.82. The number of halogens is 1. The van der Waals surface area contributed by atoms with E-state index in [1.807, 2.05) is 43.5 Å². The molecule has 0 radical (unpaired) electrons. The number of ether oxygens (including phenoxy) is 1. The first-order valence-electron chi connectivity index (χ1n) is 11.4. The predicted octanol–water partition coefficient (Wildman–Crippen LogP) is 3.87. The van der Waals surface area contributed by atoms with Crippen molar-refractivity contribution in [3.8, 4) is 11.4 Å². The van der Waals surface area contributed by atoms with Crippen molar-refractivity contribution in [3.05, 3.63) is 77.9 Å². The molecule has 1 aromatic heterocycles. The minimum Gasteiger partial charge on any atom is -0.494 e. The minimum absolute atomic E-state index is 0.0313. The molecule has 0 spiro atoms. The van der Waals surface area contributed by atoms with Gasteiger partial charge in [0, 0.05) is 30.1 Å². The van der Waals surface area contributed by atoms with Gasteiger partial charge in [0.25, 0.3) is 0 Å². The Labute approximate surface area is 198 Å². The Morgan fingerprint density at radius 2 is 2.09 bits per heavy atom. The van der Waals surface area contributed by atoms with Crippen molar-refractivity contribution in [2.75, 3.05) is 7.11 Å². The van der Waals surface area contributed by atoms with Crippen LogP contribution in [0, 0.1) is 5.82 Å². The molecule has 2 N–H and O–H groups in total. The second-order valence-electron chi connectivity index (χ2n) is 8.82. The quantitative estimate of drug-likeness (QED) is 0.504. The molecule has 4 rings (SSSR count). The number of nitrogens with one attached hydrogen (secondary N) is 2. The molecule has 3 aromatic rings. The standard InChI is InChI=1S/C26H29FN4O3/c1-18(20-16-28-31(17-20)21-6-4-3-5-7-21)29-24(32)10-12-26(13-11-25(33)30-26)15-19-8-9-22(27)23(14-19)34-2/h3-9,14,16-18H,10-13,15H2,1-2H3,(H,29,32)(H,30,33)/t18-,26-/m1/s1. The number of hydrogen-bond donors (Lipinski definition) is 2. The van der Waals surface area contributed by atoms with Crippen LogP contribution >= 0.6 is 0 Å². The molecular formula is C26H29FN4O3. The van der Waals surface area contributed by atoms with E-state index in [-0.39, 0.29) is 30.0 Å². The van der Waals surface area contributed by atoms with Crippen molar-refractivity contribution in [3.63, 3.8) is 0 Å². The molecule has 0 unspecified atom stereocenters. The molecule has 1 aliphatic heterocycles. The number of carbonyl (C=O) groups is 2. The van der Waals surface area contributed by atoms with Crippen molar-refractivity contribution in [1.82, 2.24) is 20.4 Å². The van der Waals surface area contributed by atoms with Crippen molar-refractivity contribution in [2.45, 2.75) is 50.6 Å². The molecule has 1 fully saturated rings. The number of hydrogen-bond acceptors (Lipinski definition) is 4. The van der Waals surface area contributed by atoms with Gasteiger partial charge in [0.15, 0.2) is 11.6 Å². The predicted molar refractivity (Wildman–Crippen MR) is 126 cm³/mol. The van der Waals surface area contributed by atoms with Gasteiger partial charge in [-0.1, -0.05) is 24.3 Å². The Bertz CT molecular complexity index is 1160. The Hall–Kier alpha value is -3.68. The van der Waals surface area contributed by atoms with Gasteiger partial charge in [-0.25, -0.2) is 9.07 Å². The fraction of sp³-hybridized carbons (Fsp3) is 0.346. The highest BCUT2D eigenvalue weighted by Gasteiger charge is 2.38. The summed E-state index contributed by atoms with van der Waals surface area (Å²) in [6, 6.07) is 14.3. The zero-order chi connectivity index (χ0) is 24.1. The van der Waals surface area contributed by atoms with Crippen LogP contribution in [-0.2, 0) is 16.0 Å². The zero-order valence-corrected chi connectivity index (χ0v) is 19.4. The lowest BCUT2D eigenvalue weighted by Gasteiger charge is -2.29. The number of methoxy groups -OCH3 is 1. The number of para-hydroxylation sites is 1. The van der Waals surface area contributed by atoms with Crippen LogP contribution in [0.15, 0.2) is 60.9 Å². The first kappa shape index (κ1) is 23.5. The number of carbonyl (C=O) groups excluding carboxylic acids is 2. The molecular weight excluding hydrogens is 435 g/mol. The normalized spacial score (nSPS) is 18.4. The van der Waals surface area contributed by atoms with Crippen LogP contribution in [0.4, 0.5) is 4.39 Å². The van der Waals surface area contributed by atoms with Crippen molar-refractivity contribution in [2.24, 2.45) is 0 Å². The lowest BCUT2D eigenvalue weighted by Crippen LogP contribution is -2.44. The van der Waals surface area contributed by atoms with Crippen LogP contribution in [0.2, 0.25) is 0 Å². The molecule has 0 bridgehead atoms. The molecule has 2 amide bonds. The van der Waals surface area contributed by atoms with E-state index < -0.39 is 11.4 Å². The molecule has 2 aromatic carbocycles. The Morgan fingerprint density at radius 3 is 2.79 bits per heavy atom. The molecule has 0 aliphatic carbocycles. The van der Waals surface area contributed by atoms with Crippen molar-refractivity contribution >= 4 is 11.8 Å². The lowest BCUT2D eigenvalue weighted by molar-refractivity contribution is -0.123. The minimum atomic E-state index is -0.543. The fourth-order valence-electron chi connectivity index (χ4n) is 4.42. The van der Waals surface area contributed by atoms with Gasteiger partial charge in [0.05, 0.1) is 25.0 Å². The van der Waals surface area contributed by atoms with Crippen LogP contribution in [0.1, 0.15) is 49.8 Å². The number of amides is 2. The number of nitrogens with zero attached hydrogens (tertiary/aromatic N) is 2. The number of benzene rings is 2. The molecule has 178 valence electrons. The van der Waals surface area contributed by atoms with E-state index in [2.05, 4.69) is 15.7 Å². The van der Waals surface area contributed by atoms with Crippen molar-refractivity contribution < 1.29 is 18.7 Å².